The van der Waals surface area contributed by atoms with Gasteiger partial charge in [-0.15, -0.1) is 0 Å². The van der Waals surface area contributed by atoms with E-state index in [0.29, 0.717) is 12.1 Å². The van der Waals surface area contributed by atoms with Gasteiger partial charge < -0.3 is 10.1 Å². The van der Waals surface area contributed by atoms with E-state index in [4.69, 9.17) is 4.74 Å². The summed E-state index contributed by atoms with van der Waals surface area (Å²) in [5.74, 6) is 1.64. The molecule has 3 nitrogen and oxygen atoms in total. The standard InChI is InChI=1S/C18H38N2O/c1-6-8-16-9-10-17(19-7-2)18(13-16)20(11-12-21-5)14-15(3)4/h15-19H,6-14H2,1-5H3. The van der Waals surface area contributed by atoms with Gasteiger partial charge in [-0.1, -0.05) is 40.5 Å². The highest BCUT2D eigenvalue weighted by Gasteiger charge is 2.33. The van der Waals surface area contributed by atoms with Gasteiger partial charge in [-0.25, -0.2) is 0 Å². The quantitative estimate of drug-likeness (QED) is 0.667. The van der Waals surface area contributed by atoms with Crippen LogP contribution in [-0.2, 0) is 4.74 Å². The molecule has 0 heterocycles. The summed E-state index contributed by atoms with van der Waals surface area (Å²) >= 11 is 0. The Morgan fingerprint density at radius 3 is 2.57 bits per heavy atom. The molecule has 3 atom stereocenters. The van der Waals surface area contributed by atoms with E-state index in [1.54, 1.807) is 0 Å². The first-order valence-corrected chi connectivity index (χ1v) is 9.08. The first kappa shape index (κ1) is 18.9. The van der Waals surface area contributed by atoms with Gasteiger partial charge in [-0.3, -0.25) is 4.90 Å². The molecule has 1 saturated carbocycles. The summed E-state index contributed by atoms with van der Waals surface area (Å²) in [4.78, 5) is 2.70. The molecule has 0 radical (unpaired) electrons. The highest BCUT2D eigenvalue weighted by atomic mass is 16.5. The van der Waals surface area contributed by atoms with Crippen LogP contribution < -0.4 is 5.32 Å². The molecule has 0 aromatic carbocycles. The Kier molecular flexibility index (Phi) is 9.54. The van der Waals surface area contributed by atoms with E-state index in [1.165, 1.54) is 38.6 Å². The third-order valence-corrected chi connectivity index (χ3v) is 4.74. The maximum Gasteiger partial charge on any atom is 0.0589 e. The van der Waals surface area contributed by atoms with Crippen LogP contribution in [0, 0.1) is 11.8 Å². The van der Waals surface area contributed by atoms with Crippen LogP contribution in [0.15, 0.2) is 0 Å². The number of nitrogens with zero attached hydrogens (tertiary/aromatic N) is 1. The lowest BCUT2D eigenvalue weighted by molar-refractivity contribution is 0.0585. The third kappa shape index (κ3) is 6.66. The van der Waals surface area contributed by atoms with Gasteiger partial charge in [0.25, 0.3) is 0 Å². The van der Waals surface area contributed by atoms with E-state index in [-0.39, 0.29) is 0 Å². The van der Waals surface area contributed by atoms with Gasteiger partial charge in [-0.2, -0.15) is 0 Å². The normalized spacial score (nSPS) is 26.7. The molecule has 1 N–H and O–H groups in total. The molecular formula is C18H38N2O. The predicted molar refractivity (Wildman–Crippen MR) is 91.8 cm³/mol. The summed E-state index contributed by atoms with van der Waals surface area (Å²) in [7, 11) is 1.82. The Hall–Kier alpha value is -0.120. The molecule has 3 heteroatoms. The monoisotopic (exact) mass is 298 g/mol. The minimum atomic E-state index is 0.665. The second kappa shape index (κ2) is 10.6. The lowest BCUT2D eigenvalue weighted by atomic mass is 9.79. The van der Waals surface area contributed by atoms with E-state index in [9.17, 15) is 0 Å². The van der Waals surface area contributed by atoms with E-state index in [0.717, 1.165) is 31.5 Å². The van der Waals surface area contributed by atoms with Crippen molar-refractivity contribution in [1.82, 2.24) is 10.2 Å². The van der Waals surface area contributed by atoms with E-state index in [1.807, 2.05) is 7.11 Å². The van der Waals surface area contributed by atoms with Crippen molar-refractivity contribution in [2.75, 3.05) is 33.4 Å². The number of likely N-dealkylation sites (N-methyl/N-ethyl adjacent to an activating group) is 1. The zero-order valence-electron chi connectivity index (χ0n) is 15.0. The molecule has 126 valence electrons. The second-order valence-corrected chi connectivity index (χ2v) is 7.08. The number of nitrogens with one attached hydrogen (secondary N) is 1. The van der Waals surface area contributed by atoms with Crippen molar-refractivity contribution < 1.29 is 4.74 Å². The first-order chi connectivity index (χ1) is 10.1. The van der Waals surface area contributed by atoms with Crippen molar-refractivity contribution in [1.29, 1.82) is 0 Å². The van der Waals surface area contributed by atoms with Crippen molar-refractivity contribution in [2.24, 2.45) is 11.8 Å². The van der Waals surface area contributed by atoms with E-state index in [2.05, 4.69) is 37.9 Å². The highest BCUT2D eigenvalue weighted by Crippen LogP contribution is 2.31. The van der Waals surface area contributed by atoms with Crippen LogP contribution >= 0.6 is 0 Å². The van der Waals surface area contributed by atoms with Crippen LogP contribution in [0.25, 0.3) is 0 Å². The van der Waals surface area contributed by atoms with Gasteiger partial charge in [0.1, 0.15) is 0 Å². The summed E-state index contributed by atoms with van der Waals surface area (Å²) in [6.45, 7) is 13.4. The SMILES string of the molecule is CCCC1CCC(NCC)C(N(CCOC)CC(C)C)C1. The fourth-order valence-corrected chi connectivity index (χ4v) is 3.88. The Balaban J connectivity index is 2.73. The Labute approximate surface area is 132 Å². The lowest BCUT2D eigenvalue weighted by Crippen LogP contribution is -2.54. The molecule has 0 aromatic rings. The minimum Gasteiger partial charge on any atom is -0.383 e. The minimum absolute atomic E-state index is 0.665. The average molecular weight is 299 g/mol. The van der Waals surface area contributed by atoms with Crippen molar-refractivity contribution in [3.05, 3.63) is 0 Å². The first-order valence-electron chi connectivity index (χ1n) is 9.08. The molecule has 21 heavy (non-hydrogen) atoms. The smallest absolute Gasteiger partial charge is 0.0589 e. The molecule has 0 bridgehead atoms. The number of hydrogen-bond donors (Lipinski definition) is 1. The van der Waals surface area contributed by atoms with Crippen molar-refractivity contribution in [3.63, 3.8) is 0 Å². The van der Waals surface area contributed by atoms with Crippen LogP contribution in [0.1, 0.15) is 59.8 Å². The summed E-state index contributed by atoms with van der Waals surface area (Å²) < 4.78 is 5.35. The van der Waals surface area contributed by atoms with Gasteiger partial charge in [0.2, 0.25) is 0 Å². The van der Waals surface area contributed by atoms with Crippen molar-refractivity contribution in [3.8, 4) is 0 Å². The number of ether oxygens (including phenoxy) is 1. The average Bonchev–Trinajstić information content (AvgIpc) is 2.45. The summed E-state index contributed by atoms with van der Waals surface area (Å²) in [6.07, 6.45) is 6.83. The van der Waals surface area contributed by atoms with E-state index >= 15 is 0 Å². The lowest BCUT2D eigenvalue weighted by Gasteiger charge is -2.44. The fourth-order valence-electron chi connectivity index (χ4n) is 3.88. The van der Waals surface area contributed by atoms with Gasteiger partial charge in [0.15, 0.2) is 0 Å². The summed E-state index contributed by atoms with van der Waals surface area (Å²) in [5.41, 5.74) is 0. The highest BCUT2D eigenvalue weighted by molar-refractivity contribution is 4.91. The van der Waals surface area contributed by atoms with E-state index < -0.39 is 0 Å². The topological polar surface area (TPSA) is 24.5 Å². The van der Waals surface area contributed by atoms with Gasteiger partial charge in [-0.05, 0) is 37.6 Å². The molecule has 0 saturated heterocycles. The molecule has 1 aliphatic rings. The van der Waals surface area contributed by atoms with Gasteiger partial charge in [0.05, 0.1) is 6.61 Å². The molecule has 1 rings (SSSR count). The fraction of sp³-hybridized carbons (Fsp3) is 1.00. The third-order valence-electron chi connectivity index (χ3n) is 4.74. The number of rotatable bonds is 10. The number of methoxy groups -OCH3 is 1. The maximum atomic E-state index is 5.35. The van der Waals surface area contributed by atoms with Crippen molar-refractivity contribution in [2.45, 2.75) is 71.9 Å². The Bertz CT molecular complexity index is 258. The molecule has 1 fully saturated rings. The largest absolute Gasteiger partial charge is 0.383 e. The Morgan fingerprint density at radius 1 is 1.24 bits per heavy atom. The van der Waals surface area contributed by atoms with Crippen LogP contribution in [0.5, 0.6) is 0 Å². The molecule has 0 amide bonds. The molecule has 0 aromatic heterocycles. The summed E-state index contributed by atoms with van der Waals surface area (Å²) in [5, 5.41) is 3.74. The zero-order valence-corrected chi connectivity index (χ0v) is 15.0. The molecular weight excluding hydrogens is 260 g/mol. The predicted octanol–water partition coefficient (Wildman–Crippen LogP) is 3.54. The van der Waals surface area contributed by atoms with Crippen LogP contribution in [-0.4, -0.2) is 50.3 Å². The Morgan fingerprint density at radius 2 is 2.00 bits per heavy atom. The zero-order chi connectivity index (χ0) is 15.7. The van der Waals surface area contributed by atoms with Crippen LogP contribution in [0.4, 0.5) is 0 Å². The van der Waals surface area contributed by atoms with Crippen molar-refractivity contribution >= 4 is 0 Å². The van der Waals surface area contributed by atoms with Crippen LogP contribution in [0.3, 0.4) is 0 Å². The maximum absolute atomic E-state index is 5.35. The van der Waals surface area contributed by atoms with Gasteiger partial charge >= 0.3 is 0 Å². The molecule has 3 unspecified atom stereocenters. The number of hydrogen-bond acceptors (Lipinski definition) is 3. The molecule has 0 spiro atoms. The van der Waals surface area contributed by atoms with Gasteiger partial charge in [0, 0.05) is 32.3 Å². The second-order valence-electron chi connectivity index (χ2n) is 7.08. The summed E-state index contributed by atoms with van der Waals surface area (Å²) in [6, 6.07) is 1.35. The molecule has 0 aliphatic heterocycles. The molecule has 1 aliphatic carbocycles. The van der Waals surface area contributed by atoms with Crippen LogP contribution in [0.2, 0.25) is 0 Å².